The third kappa shape index (κ3) is 6.87. The Morgan fingerprint density at radius 3 is 2.49 bits per heavy atom. The molecule has 2 aromatic rings. The quantitative estimate of drug-likeness (QED) is 0.395. The molecule has 0 saturated carbocycles. The van der Waals surface area contributed by atoms with E-state index >= 15 is 0 Å². The molecule has 0 aromatic heterocycles. The number of ether oxygens (including phenoxy) is 3. The molecule has 0 aliphatic carbocycles. The molecule has 1 unspecified atom stereocenters. The molecule has 2 heterocycles. The maximum atomic E-state index is 11.4. The number of likely N-dealkylation sites (N-methyl/N-ethyl adjacent to an activating group) is 1. The van der Waals surface area contributed by atoms with Crippen LogP contribution in [0.15, 0.2) is 42.5 Å². The molecule has 0 N–H and O–H groups in total. The molecule has 8 nitrogen and oxygen atoms in total. The van der Waals surface area contributed by atoms with E-state index in [-0.39, 0.29) is 0 Å². The van der Waals surface area contributed by atoms with Crippen LogP contribution in [-0.4, -0.2) is 87.7 Å². The van der Waals surface area contributed by atoms with Crippen LogP contribution in [0, 0.1) is 0 Å². The van der Waals surface area contributed by atoms with Crippen molar-refractivity contribution in [2.45, 2.75) is 25.8 Å². The van der Waals surface area contributed by atoms with Gasteiger partial charge in [0.1, 0.15) is 11.5 Å². The fourth-order valence-electron chi connectivity index (χ4n) is 4.81. The normalized spacial score (nSPS) is 19.1. The number of nitrogens with zero attached hydrogens (tertiary/aromatic N) is 3. The fourth-order valence-corrected chi connectivity index (χ4v) is 4.81. The molecule has 1 atom stereocenters. The van der Waals surface area contributed by atoms with Crippen LogP contribution in [0.4, 0.5) is 4.79 Å². The van der Waals surface area contributed by atoms with Gasteiger partial charge in [0.15, 0.2) is 0 Å². The first-order valence-electron chi connectivity index (χ1n) is 12.5. The predicted octanol–water partition coefficient (Wildman–Crippen LogP) is 3.75. The lowest BCUT2D eigenvalue weighted by molar-refractivity contribution is -0.145. The van der Waals surface area contributed by atoms with Crippen molar-refractivity contribution in [1.82, 2.24) is 14.9 Å². The Labute approximate surface area is 208 Å². The minimum absolute atomic E-state index is 0.322. The summed E-state index contributed by atoms with van der Waals surface area (Å²) in [5, 5.41) is 1.67. The van der Waals surface area contributed by atoms with Crippen molar-refractivity contribution < 1.29 is 23.8 Å². The van der Waals surface area contributed by atoms with Crippen molar-refractivity contribution in [3.8, 4) is 11.5 Å². The first-order chi connectivity index (χ1) is 17.1. The second-order valence-electron chi connectivity index (χ2n) is 9.13. The summed E-state index contributed by atoms with van der Waals surface area (Å²) in [6.07, 6.45) is 0.324. The van der Waals surface area contributed by atoms with Gasteiger partial charge in [0.2, 0.25) is 0 Å². The summed E-state index contributed by atoms with van der Waals surface area (Å²) in [5.74, 6) is 2.16. The van der Waals surface area contributed by atoms with Crippen LogP contribution in [-0.2, 0) is 16.1 Å². The van der Waals surface area contributed by atoms with Crippen LogP contribution in [0.3, 0.4) is 0 Å². The van der Waals surface area contributed by atoms with E-state index in [1.807, 2.05) is 12.1 Å². The van der Waals surface area contributed by atoms with Gasteiger partial charge >= 0.3 is 6.16 Å². The van der Waals surface area contributed by atoms with E-state index in [9.17, 15) is 4.79 Å². The van der Waals surface area contributed by atoms with Crippen molar-refractivity contribution in [3.63, 3.8) is 0 Å². The van der Waals surface area contributed by atoms with E-state index in [0.717, 1.165) is 50.6 Å². The average molecular weight is 484 g/mol. The van der Waals surface area contributed by atoms with Gasteiger partial charge in [0, 0.05) is 51.7 Å². The summed E-state index contributed by atoms with van der Waals surface area (Å²) in [6, 6.07) is 14.9. The Bertz CT molecular complexity index is 960. The Morgan fingerprint density at radius 1 is 1.03 bits per heavy atom. The molecule has 2 aromatic carbocycles. The molecule has 4 rings (SSSR count). The number of carbonyl (C=O) groups excluding carboxylic acids is 1. The number of hydrogen-bond donors (Lipinski definition) is 0. The van der Waals surface area contributed by atoms with Crippen LogP contribution in [0.2, 0.25) is 0 Å². The molecule has 0 radical (unpaired) electrons. The molecule has 190 valence electrons. The molecule has 35 heavy (non-hydrogen) atoms. The van der Waals surface area contributed by atoms with Gasteiger partial charge in [0.05, 0.1) is 20.3 Å². The Morgan fingerprint density at radius 2 is 1.77 bits per heavy atom. The number of piperazine rings is 1. The average Bonchev–Trinajstić information content (AvgIpc) is 2.87. The van der Waals surface area contributed by atoms with Crippen LogP contribution in [0.25, 0.3) is 0 Å². The number of benzene rings is 2. The van der Waals surface area contributed by atoms with E-state index < -0.39 is 6.16 Å². The first kappa shape index (κ1) is 25.3. The van der Waals surface area contributed by atoms with Gasteiger partial charge in [-0.3, -0.25) is 0 Å². The highest BCUT2D eigenvalue weighted by Crippen LogP contribution is 2.35. The molecule has 1 fully saturated rings. The second-order valence-corrected chi connectivity index (χ2v) is 9.13. The van der Waals surface area contributed by atoms with Gasteiger partial charge in [-0.15, -0.1) is 5.06 Å². The number of methoxy groups -OCH3 is 1. The van der Waals surface area contributed by atoms with E-state index in [0.29, 0.717) is 32.2 Å². The highest BCUT2D eigenvalue weighted by molar-refractivity contribution is 5.59. The standard InChI is InChI=1S/C27H37N3O5/c1-4-33-27(31)35-30-15-13-29(14-16-30)12-5-17-34-24-10-11-25-22(18-24)19-28(2)20-26(25)21-6-8-23(32-3)9-7-21/h6-11,18,26H,4-5,12-17,19-20H2,1-3H3. The largest absolute Gasteiger partial charge is 0.527 e. The van der Waals surface area contributed by atoms with E-state index in [4.69, 9.17) is 19.0 Å². The Hall–Kier alpha value is -2.81. The monoisotopic (exact) mass is 483 g/mol. The van der Waals surface area contributed by atoms with Gasteiger partial charge in [-0.25, -0.2) is 4.79 Å². The highest BCUT2D eigenvalue weighted by Gasteiger charge is 2.25. The lowest BCUT2D eigenvalue weighted by Gasteiger charge is -2.33. The van der Waals surface area contributed by atoms with Crippen LogP contribution < -0.4 is 9.47 Å². The molecule has 1 saturated heterocycles. The molecule has 0 spiro atoms. The third-order valence-electron chi connectivity index (χ3n) is 6.63. The molecule has 8 heteroatoms. The molecule has 0 amide bonds. The second kappa shape index (κ2) is 12.2. The van der Waals surface area contributed by atoms with Crippen LogP contribution in [0.1, 0.15) is 36.0 Å². The van der Waals surface area contributed by atoms with Gasteiger partial charge in [-0.05, 0) is 61.3 Å². The number of carbonyl (C=O) groups is 1. The van der Waals surface area contributed by atoms with E-state index in [1.165, 1.54) is 16.7 Å². The third-order valence-corrected chi connectivity index (χ3v) is 6.63. The van der Waals surface area contributed by atoms with Gasteiger partial charge < -0.3 is 28.8 Å². The van der Waals surface area contributed by atoms with Crippen LogP contribution in [0.5, 0.6) is 11.5 Å². The fraction of sp³-hybridized carbons (Fsp3) is 0.519. The van der Waals surface area contributed by atoms with Crippen molar-refractivity contribution in [1.29, 1.82) is 0 Å². The lowest BCUT2D eigenvalue weighted by Crippen LogP contribution is -2.47. The van der Waals surface area contributed by atoms with E-state index in [1.54, 1.807) is 19.1 Å². The number of hydroxylamine groups is 2. The minimum Gasteiger partial charge on any atom is -0.497 e. The summed E-state index contributed by atoms with van der Waals surface area (Å²) in [5.41, 5.74) is 4.01. The summed E-state index contributed by atoms with van der Waals surface area (Å²) in [4.78, 5) is 21.3. The lowest BCUT2D eigenvalue weighted by atomic mass is 9.84. The topological polar surface area (TPSA) is 63.7 Å². The Kier molecular flexibility index (Phi) is 8.84. The van der Waals surface area contributed by atoms with Crippen LogP contribution >= 0.6 is 0 Å². The van der Waals surface area contributed by atoms with Crippen molar-refractivity contribution in [3.05, 3.63) is 59.2 Å². The van der Waals surface area contributed by atoms with Gasteiger partial charge in [-0.1, -0.05) is 18.2 Å². The SMILES string of the molecule is CCOC(=O)ON1CCN(CCCOc2ccc3c(c2)CN(C)CC3c2ccc(OC)cc2)CC1. The molecule has 2 aliphatic rings. The van der Waals surface area contributed by atoms with Crippen molar-refractivity contribution in [2.75, 3.05) is 66.6 Å². The molecular formula is C27H37N3O5. The molecule has 2 aliphatic heterocycles. The first-order valence-corrected chi connectivity index (χ1v) is 12.5. The van der Waals surface area contributed by atoms with Gasteiger partial charge in [-0.2, -0.15) is 0 Å². The number of rotatable bonds is 9. The van der Waals surface area contributed by atoms with Crippen molar-refractivity contribution in [2.24, 2.45) is 0 Å². The predicted molar refractivity (Wildman–Crippen MR) is 134 cm³/mol. The zero-order valence-electron chi connectivity index (χ0n) is 21.1. The van der Waals surface area contributed by atoms with Crippen molar-refractivity contribution >= 4 is 6.16 Å². The maximum Gasteiger partial charge on any atom is 0.527 e. The minimum atomic E-state index is -0.624. The molecule has 0 bridgehead atoms. The number of fused-ring (bicyclic) bond motifs is 1. The zero-order valence-corrected chi connectivity index (χ0v) is 21.1. The number of hydrogen-bond acceptors (Lipinski definition) is 8. The zero-order chi connectivity index (χ0) is 24.6. The summed E-state index contributed by atoms with van der Waals surface area (Å²) >= 11 is 0. The van der Waals surface area contributed by atoms with E-state index in [2.05, 4.69) is 47.2 Å². The Balaban J connectivity index is 1.25. The van der Waals surface area contributed by atoms with Gasteiger partial charge in [0.25, 0.3) is 0 Å². The summed E-state index contributed by atoms with van der Waals surface area (Å²) in [6.45, 7) is 8.74. The summed E-state index contributed by atoms with van der Waals surface area (Å²) in [7, 11) is 3.87. The smallest absolute Gasteiger partial charge is 0.497 e. The molecular weight excluding hydrogens is 446 g/mol. The summed E-state index contributed by atoms with van der Waals surface area (Å²) < 4.78 is 16.3. The maximum absolute atomic E-state index is 11.4. The highest BCUT2D eigenvalue weighted by atomic mass is 16.8.